The number of anilines is 1. The highest BCUT2D eigenvalue weighted by atomic mass is 32.2. The monoisotopic (exact) mass is 290 g/mol. The van der Waals surface area contributed by atoms with E-state index in [1.54, 1.807) is 11.8 Å². The Morgan fingerprint density at radius 1 is 1.56 bits per heavy atom. The van der Waals surface area contributed by atoms with Crippen molar-refractivity contribution in [2.75, 3.05) is 17.4 Å². The average molecular weight is 290 g/mol. The molecule has 18 heavy (non-hydrogen) atoms. The fraction of sp³-hybridized carbons (Fsp3) is 0.500. The van der Waals surface area contributed by atoms with Gasteiger partial charge >= 0.3 is 0 Å². The number of hydrazine groups is 1. The van der Waals surface area contributed by atoms with Crippen LogP contribution >= 0.6 is 11.8 Å². The maximum atomic E-state index is 12.1. The summed E-state index contributed by atoms with van der Waals surface area (Å²) in [4.78, 5) is 3.87. The van der Waals surface area contributed by atoms with Gasteiger partial charge in [-0.15, -0.1) is 0 Å². The SMILES string of the molecule is CSCCC(C)NS(=O)(=O)c1cnccc1NN. The standard InChI is InChI=1S/C10H18N4O2S2/c1-8(4-6-17-2)14-18(15,16)10-7-12-5-3-9(10)13-11/h3,5,7-8,14H,4,6,11H2,1-2H3,(H,12,13). The minimum atomic E-state index is -3.60. The lowest BCUT2D eigenvalue weighted by Gasteiger charge is -2.15. The second-order valence-electron chi connectivity index (χ2n) is 3.82. The highest BCUT2D eigenvalue weighted by Crippen LogP contribution is 2.18. The van der Waals surface area contributed by atoms with Gasteiger partial charge in [0.25, 0.3) is 0 Å². The van der Waals surface area contributed by atoms with Crippen molar-refractivity contribution in [1.29, 1.82) is 0 Å². The number of sulfonamides is 1. The minimum absolute atomic E-state index is 0.0588. The highest BCUT2D eigenvalue weighted by Gasteiger charge is 2.20. The second-order valence-corrected chi connectivity index (χ2v) is 6.49. The first-order chi connectivity index (χ1) is 8.51. The maximum absolute atomic E-state index is 12.1. The molecule has 0 radical (unpaired) electrons. The molecule has 8 heteroatoms. The summed E-state index contributed by atoms with van der Waals surface area (Å²) in [5, 5.41) is 0. The fourth-order valence-electron chi connectivity index (χ4n) is 1.40. The molecule has 0 aliphatic carbocycles. The topological polar surface area (TPSA) is 97.1 Å². The molecule has 0 saturated heterocycles. The van der Waals surface area contributed by atoms with E-state index in [1.807, 2.05) is 13.2 Å². The summed E-state index contributed by atoms with van der Waals surface area (Å²) in [6.07, 6.45) is 5.51. The molecule has 0 spiro atoms. The van der Waals surface area contributed by atoms with Crippen LogP contribution < -0.4 is 16.0 Å². The molecule has 0 aliphatic rings. The van der Waals surface area contributed by atoms with E-state index >= 15 is 0 Å². The Morgan fingerprint density at radius 3 is 2.89 bits per heavy atom. The van der Waals surface area contributed by atoms with Crippen molar-refractivity contribution >= 4 is 27.5 Å². The molecule has 0 bridgehead atoms. The van der Waals surface area contributed by atoms with Crippen LogP contribution in [0.3, 0.4) is 0 Å². The third-order valence-corrected chi connectivity index (χ3v) is 4.60. The summed E-state index contributed by atoms with van der Waals surface area (Å²) in [5.74, 6) is 6.19. The summed E-state index contributed by atoms with van der Waals surface area (Å²) >= 11 is 1.68. The van der Waals surface area contributed by atoms with Gasteiger partial charge in [-0.25, -0.2) is 13.1 Å². The number of aromatic nitrogens is 1. The summed E-state index contributed by atoms with van der Waals surface area (Å²) in [6.45, 7) is 1.83. The van der Waals surface area contributed by atoms with Crippen LogP contribution in [0.15, 0.2) is 23.4 Å². The predicted molar refractivity (Wildman–Crippen MR) is 74.8 cm³/mol. The lowest BCUT2D eigenvalue weighted by Crippen LogP contribution is -2.33. The highest BCUT2D eigenvalue weighted by molar-refractivity contribution is 7.98. The molecule has 1 heterocycles. The first-order valence-corrected chi connectivity index (χ1v) is 8.31. The zero-order chi connectivity index (χ0) is 13.6. The molecule has 6 nitrogen and oxygen atoms in total. The van der Waals surface area contributed by atoms with Gasteiger partial charge in [-0.1, -0.05) is 0 Å². The van der Waals surface area contributed by atoms with Gasteiger partial charge in [0.1, 0.15) is 4.90 Å². The number of pyridine rings is 1. The Labute approximate surface area is 112 Å². The van der Waals surface area contributed by atoms with Crippen LogP contribution in [0.25, 0.3) is 0 Å². The number of nitrogens with zero attached hydrogens (tertiary/aromatic N) is 1. The molecular formula is C10H18N4O2S2. The summed E-state index contributed by atoms with van der Waals surface area (Å²) in [6, 6.07) is 1.38. The van der Waals surface area contributed by atoms with Gasteiger partial charge in [-0.05, 0) is 31.4 Å². The first kappa shape index (κ1) is 15.2. The van der Waals surface area contributed by atoms with Crippen molar-refractivity contribution in [1.82, 2.24) is 9.71 Å². The normalized spacial score (nSPS) is 13.3. The Hall–Kier alpha value is -0.830. The van der Waals surface area contributed by atoms with E-state index in [2.05, 4.69) is 15.1 Å². The molecule has 1 atom stereocenters. The Morgan fingerprint density at radius 2 is 2.28 bits per heavy atom. The first-order valence-electron chi connectivity index (χ1n) is 5.43. The van der Waals surface area contributed by atoms with Crippen LogP contribution in [0.5, 0.6) is 0 Å². The smallest absolute Gasteiger partial charge is 0.244 e. The lowest BCUT2D eigenvalue weighted by molar-refractivity contribution is 0.557. The molecule has 0 amide bonds. The van der Waals surface area contributed by atoms with Gasteiger partial charge in [-0.2, -0.15) is 11.8 Å². The van der Waals surface area contributed by atoms with E-state index in [0.29, 0.717) is 5.69 Å². The van der Waals surface area contributed by atoms with Gasteiger partial charge in [0.05, 0.1) is 5.69 Å². The zero-order valence-corrected chi connectivity index (χ0v) is 12.0. The van der Waals surface area contributed by atoms with Crippen molar-refractivity contribution in [3.63, 3.8) is 0 Å². The third kappa shape index (κ3) is 4.13. The minimum Gasteiger partial charge on any atom is -0.323 e. The molecule has 0 aliphatic heterocycles. The molecule has 1 unspecified atom stereocenters. The molecule has 0 fully saturated rings. The van der Waals surface area contributed by atoms with Gasteiger partial charge in [0.15, 0.2) is 0 Å². The summed E-state index contributed by atoms with van der Waals surface area (Å²) < 4.78 is 26.9. The van der Waals surface area contributed by atoms with Gasteiger partial charge in [0, 0.05) is 18.4 Å². The molecule has 1 aromatic heterocycles. The van der Waals surface area contributed by atoms with Crippen LogP contribution in [-0.4, -0.2) is 31.5 Å². The van der Waals surface area contributed by atoms with Crippen molar-refractivity contribution in [2.45, 2.75) is 24.3 Å². The number of nitrogens with two attached hydrogens (primary N) is 1. The largest absolute Gasteiger partial charge is 0.323 e. The molecule has 4 N–H and O–H groups in total. The van der Waals surface area contributed by atoms with Crippen LogP contribution in [-0.2, 0) is 10.0 Å². The number of nitrogen functional groups attached to an aromatic ring is 1. The lowest BCUT2D eigenvalue weighted by atomic mass is 10.3. The third-order valence-electron chi connectivity index (χ3n) is 2.34. The zero-order valence-electron chi connectivity index (χ0n) is 10.4. The van der Waals surface area contributed by atoms with Crippen molar-refractivity contribution in [3.8, 4) is 0 Å². The average Bonchev–Trinajstić information content (AvgIpc) is 2.35. The van der Waals surface area contributed by atoms with Crippen molar-refractivity contribution < 1.29 is 8.42 Å². The van der Waals surface area contributed by atoms with Crippen molar-refractivity contribution in [2.24, 2.45) is 5.84 Å². The van der Waals surface area contributed by atoms with Crippen LogP contribution in [0.1, 0.15) is 13.3 Å². The van der Waals surface area contributed by atoms with Gasteiger partial charge in [-0.3, -0.25) is 10.8 Å². The quantitative estimate of drug-likeness (QED) is 0.507. The van der Waals surface area contributed by atoms with Gasteiger partial charge in [0.2, 0.25) is 10.0 Å². The maximum Gasteiger partial charge on any atom is 0.244 e. The van der Waals surface area contributed by atoms with E-state index in [9.17, 15) is 8.42 Å². The van der Waals surface area contributed by atoms with Gasteiger partial charge < -0.3 is 5.43 Å². The second kappa shape index (κ2) is 6.93. The Bertz CT molecular complexity index is 479. The molecular weight excluding hydrogens is 272 g/mol. The molecule has 1 aromatic rings. The number of rotatable bonds is 7. The Kier molecular flexibility index (Phi) is 5.86. The van der Waals surface area contributed by atoms with Crippen LogP contribution in [0.2, 0.25) is 0 Å². The molecule has 1 rings (SSSR count). The number of thioether (sulfide) groups is 1. The van der Waals surface area contributed by atoms with E-state index in [1.165, 1.54) is 18.5 Å². The summed E-state index contributed by atoms with van der Waals surface area (Å²) in [7, 11) is -3.60. The fourth-order valence-corrected chi connectivity index (χ4v) is 3.38. The molecule has 0 aromatic carbocycles. The Balaban J connectivity index is 2.86. The van der Waals surface area contributed by atoms with Crippen LogP contribution in [0.4, 0.5) is 5.69 Å². The molecule has 102 valence electrons. The van der Waals surface area contributed by atoms with Crippen molar-refractivity contribution in [3.05, 3.63) is 18.5 Å². The van der Waals surface area contributed by atoms with E-state index in [0.717, 1.165) is 12.2 Å². The molecule has 0 saturated carbocycles. The van der Waals surface area contributed by atoms with E-state index < -0.39 is 10.0 Å². The number of hydrogen-bond acceptors (Lipinski definition) is 6. The predicted octanol–water partition coefficient (Wildman–Crippen LogP) is 0.787. The summed E-state index contributed by atoms with van der Waals surface area (Å²) in [5.41, 5.74) is 2.68. The number of nitrogens with one attached hydrogen (secondary N) is 2. The van der Waals surface area contributed by atoms with E-state index in [4.69, 9.17) is 5.84 Å². The van der Waals surface area contributed by atoms with E-state index in [-0.39, 0.29) is 10.9 Å². The van der Waals surface area contributed by atoms with Crippen LogP contribution in [0, 0.1) is 0 Å². The number of hydrogen-bond donors (Lipinski definition) is 3.